The number of aryl methyl sites for hydroxylation is 2. The number of benzene rings is 1. The quantitative estimate of drug-likeness (QED) is 0.864. The molecular formula is C16H26N2. The first kappa shape index (κ1) is 13.4. The van der Waals surface area contributed by atoms with Crippen LogP contribution >= 0.6 is 0 Å². The minimum atomic E-state index is 0.0845. The third kappa shape index (κ3) is 2.69. The van der Waals surface area contributed by atoms with E-state index in [9.17, 15) is 0 Å². The average molecular weight is 246 g/mol. The van der Waals surface area contributed by atoms with Crippen molar-refractivity contribution in [3.8, 4) is 0 Å². The third-order valence-corrected chi connectivity index (χ3v) is 4.39. The standard InChI is InChI=1S/C16H26N2/c1-12-5-8-15(13(2)9-12)18(4)16(3,11-17)10-14-6-7-14/h5,8-9,14H,6-7,10-11,17H2,1-4H3. The van der Waals surface area contributed by atoms with Crippen LogP contribution in [0.25, 0.3) is 0 Å². The molecule has 0 radical (unpaired) electrons. The van der Waals surface area contributed by atoms with Gasteiger partial charge in [-0.3, -0.25) is 0 Å². The van der Waals surface area contributed by atoms with E-state index in [0.717, 1.165) is 5.92 Å². The van der Waals surface area contributed by atoms with E-state index >= 15 is 0 Å². The van der Waals surface area contributed by atoms with Crippen LogP contribution in [0.4, 0.5) is 5.69 Å². The molecule has 0 amide bonds. The maximum absolute atomic E-state index is 6.06. The van der Waals surface area contributed by atoms with E-state index in [0.29, 0.717) is 6.54 Å². The van der Waals surface area contributed by atoms with Crippen LogP contribution in [0.5, 0.6) is 0 Å². The highest BCUT2D eigenvalue weighted by molar-refractivity contribution is 5.55. The Balaban J connectivity index is 2.23. The fourth-order valence-electron chi connectivity index (χ4n) is 2.77. The molecule has 1 unspecified atom stereocenters. The molecule has 18 heavy (non-hydrogen) atoms. The van der Waals surface area contributed by atoms with E-state index in [4.69, 9.17) is 5.73 Å². The Kier molecular flexibility index (Phi) is 3.67. The molecule has 1 saturated carbocycles. The average Bonchev–Trinajstić information content (AvgIpc) is 3.12. The number of likely N-dealkylation sites (N-methyl/N-ethyl adjacent to an activating group) is 1. The monoisotopic (exact) mass is 246 g/mol. The molecule has 2 N–H and O–H groups in total. The SMILES string of the molecule is Cc1ccc(N(C)C(C)(CN)CC2CC2)c(C)c1. The van der Waals surface area contributed by atoms with Crippen molar-refractivity contribution in [2.24, 2.45) is 11.7 Å². The molecule has 1 aromatic carbocycles. The molecule has 0 bridgehead atoms. The smallest absolute Gasteiger partial charge is 0.0495 e. The van der Waals surface area contributed by atoms with Gasteiger partial charge in [-0.2, -0.15) is 0 Å². The number of nitrogens with two attached hydrogens (primary N) is 1. The molecule has 1 aliphatic rings. The number of hydrogen-bond acceptors (Lipinski definition) is 2. The van der Waals surface area contributed by atoms with Gasteiger partial charge >= 0.3 is 0 Å². The van der Waals surface area contributed by atoms with E-state index < -0.39 is 0 Å². The van der Waals surface area contributed by atoms with Gasteiger partial charge in [0.1, 0.15) is 0 Å². The predicted octanol–water partition coefficient (Wildman–Crippen LogP) is 3.26. The summed E-state index contributed by atoms with van der Waals surface area (Å²) >= 11 is 0. The van der Waals surface area contributed by atoms with E-state index in [1.165, 1.54) is 36.1 Å². The topological polar surface area (TPSA) is 29.3 Å². The summed E-state index contributed by atoms with van der Waals surface area (Å²) in [4.78, 5) is 2.39. The van der Waals surface area contributed by atoms with Gasteiger partial charge in [0.25, 0.3) is 0 Å². The minimum absolute atomic E-state index is 0.0845. The van der Waals surface area contributed by atoms with Crippen LogP contribution in [-0.4, -0.2) is 19.1 Å². The van der Waals surface area contributed by atoms with E-state index in [1.807, 2.05) is 0 Å². The van der Waals surface area contributed by atoms with Gasteiger partial charge in [-0.15, -0.1) is 0 Å². The lowest BCUT2D eigenvalue weighted by Crippen LogP contribution is -2.50. The maximum atomic E-state index is 6.06. The fourth-order valence-corrected chi connectivity index (χ4v) is 2.77. The molecule has 0 spiro atoms. The maximum Gasteiger partial charge on any atom is 0.0495 e. The van der Waals surface area contributed by atoms with Crippen molar-refractivity contribution in [3.63, 3.8) is 0 Å². The number of anilines is 1. The van der Waals surface area contributed by atoms with Gasteiger partial charge in [0.05, 0.1) is 0 Å². The fraction of sp³-hybridized carbons (Fsp3) is 0.625. The van der Waals surface area contributed by atoms with Crippen LogP contribution in [0.2, 0.25) is 0 Å². The highest BCUT2D eigenvalue weighted by atomic mass is 15.2. The Bertz CT molecular complexity index is 423. The Labute approximate surface area is 111 Å². The van der Waals surface area contributed by atoms with Crippen molar-refractivity contribution in [2.75, 3.05) is 18.5 Å². The van der Waals surface area contributed by atoms with Crippen LogP contribution in [0.1, 0.15) is 37.3 Å². The van der Waals surface area contributed by atoms with Crippen molar-refractivity contribution in [1.82, 2.24) is 0 Å². The van der Waals surface area contributed by atoms with Crippen molar-refractivity contribution in [3.05, 3.63) is 29.3 Å². The summed E-state index contributed by atoms with van der Waals surface area (Å²) < 4.78 is 0. The molecule has 0 saturated heterocycles. The second-order valence-corrected chi connectivity index (χ2v) is 6.20. The summed E-state index contributed by atoms with van der Waals surface area (Å²) in [6, 6.07) is 6.66. The minimum Gasteiger partial charge on any atom is -0.368 e. The summed E-state index contributed by atoms with van der Waals surface area (Å²) in [6.45, 7) is 7.34. The van der Waals surface area contributed by atoms with Gasteiger partial charge in [-0.05, 0) is 44.7 Å². The lowest BCUT2D eigenvalue weighted by Gasteiger charge is -2.41. The van der Waals surface area contributed by atoms with Crippen LogP contribution in [0.15, 0.2) is 18.2 Å². The Morgan fingerprint density at radius 2 is 2.00 bits per heavy atom. The van der Waals surface area contributed by atoms with Crippen molar-refractivity contribution in [1.29, 1.82) is 0 Å². The van der Waals surface area contributed by atoms with Gasteiger partial charge in [-0.1, -0.05) is 30.5 Å². The number of rotatable bonds is 5. The normalized spacial score (nSPS) is 18.5. The molecule has 100 valence electrons. The molecule has 0 aromatic heterocycles. The molecule has 0 heterocycles. The second-order valence-electron chi connectivity index (χ2n) is 6.20. The van der Waals surface area contributed by atoms with Crippen LogP contribution < -0.4 is 10.6 Å². The number of nitrogens with zero attached hydrogens (tertiary/aromatic N) is 1. The predicted molar refractivity (Wildman–Crippen MR) is 79.1 cm³/mol. The van der Waals surface area contributed by atoms with Gasteiger partial charge < -0.3 is 10.6 Å². The van der Waals surface area contributed by atoms with E-state index in [1.54, 1.807) is 0 Å². The van der Waals surface area contributed by atoms with Gasteiger partial charge in [-0.25, -0.2) is 0 Å². The Morgan fingerprint density at radius 3 is 2.50 bits per heavy atom. The zero-order valence-electron chi connectivity index (χ0n) is 12.2. The molecule has 0 aliphatic heterocycles. The molecule has 2 nitrogen and oxygen atoms in total. The van der Waals surface area contributed by atoms with E-state index in [-0.39, 0.29) is 5.54 Å². The lowest BCUT2D eigenvalue weighted by molar-refractivity contribution is 0.396. The van der Waals surface area contributed by atoms with Crippen molar-refractivity contribution in [2.45, 2.75) is 45.6 Å². The van der Waals surface area contributed by atoms with Crippen LogP contribution in [-0.2, 0) is 0 Å². The van der Waals surface area contributed by atoms with Crippen molar-refractivity contribution < 1.29 is 0 Å². The first-order valence-corrected chi connectivity index (χ1v) is 6.97. The molecule has 1 aliphatic carbocycles. The van der Waals surface area contributed by atoms with E-state index in [2.05, 4.69) is 50.9 Å². The van der Waals surface area contributed by atoms with Crippen molar-refractivity contribution >= 4 is 5.69 Å². The Morgan fingerprint density at radius 1 is 1.33 bits per heavy atom. The Hall–Kier alpha value is -1.02. The summed E-state index contributed by atoms with van der Waals surface area (Å²) in [7, 11) is 2.19. The third-order valence-electron chi connectivity index (χ3n) is 4.39. The highest BCUT2D eigenvalue weighted by Crippen LogP contribution is 2.39. The molecule has 1 fully saturated rings. The molecular weight excluding hydrogens is 220 g/mol. The second kappa shape index (κ2) is 4.93. The number of hydrogen-bond donors (Lipinski definition) is 1. The summed E-state index contributed by atoms with van der Waals surface area (Å²) in [5.41, 5.74) is 10.1. The first-order chi connectivity index (χ1) is 8.46. The first-order valence-electron chi connectivity index (χ1n) is 6.97. The molecule has 2 heteroatoms. The highest BCUT2D eigenvalue weighted by Gasteiger charge is 2.35. The van der Waals surface area contributed by atoms with Gasteiger partial charge in [0.15, 0.2) is 0 Å². The summed E-state index contributed by atoms with van der Waals surface area (Å²) in [6.07, 6.45) is 3.99. The van der Waals surface area contributed by atoms with Crippen LogP contribution in [0.3, 0.4) is 0 Å². The summed E-state index contributed by atoms with van der Waals surface area (Å²) in [5, 5.41) is 0. The molecule has 1 atom stereocenters. The van der Waals surface area contributed by atoms with Crippen LogP contribution in [0, 0.1) is 19.8 Å². The van der Waals surface area contributed by atoms with Gasteiger partial charge in [0, 0.05) is 24.8 Å². The zero-order chi connectivity index (χ0) is 13.3. The molecule has 1 aromatic rings. The zero-order valence-corrected chi connectivity index (χ0v) is 12.2. The largest absolute Gasteiger partial charge is 0.368 e. The molecule has 2 rings (SSSR count). The lowest BCUT2D eigenvalue weighted by atomic mass is 9.91. The summed E-state index contributed by atoms with van der Waals surface area (Å²) in [5.74, 6) is 0.895. The van der Waals surface area contributed by atoms with Gasteiger partial charge in [0.2, 0.25) is 0 Å².